The van der Waals surface area contributed by atoms with Gasteiger partial charge in [-0.25, -0.2) is 0 Å². The van der Waals surface area contributed by atoms with E-state index in [1.165, 1.54) is 0 Å². The van der Waals surface area contributed by atoms with Crippen LogP contribution in [-0.2, 0) is 17.4 Å². The van der Waals surface area contributed by atoms with Crippen LogP contribution < -0.4 is 0 Å². The highest BCUT2D eigenvalue weighted by atomic mass is 16.5. The Balaban J connectivity index is 3.16. The van der Waals surface area contributed by atoms with Crippen molar-refractivity contribution in [2.45, 2.75) is 32.3 Å². The number of nitrogens with zero attached hydrogens (tertiary/aromatic N) is 2. The van der Waals surface area contributed by atoms with E-state index in [1.807, 2.05) is 11.6 Å². The summed E-state index contributed by atoms with van der Waals surface area (Å²) >= 11 is 0. The molecule has 0 saturated carbocycles. The molecule has 4 nitrogen and oxygen atoms in total. The van der Waals surface area contributed by atoms with Gasteiger partial charge in [0.2, 0.25) is 5.88 Å². The van der Waals surface area contributed by atoms with Gasteiger partial charge in [0.15, 0.2) is 0 Å². The topological polar surface area (TPSA) is 47.3 Å². The highest BCUT2D eigenvalue weighted by molar-refractivity contribution is 5.13. The van der Waals surface area contributed by atoms with E-state index in [0.29, 0.717) is 0 Å². The second-order valence-electron chi connectivity index (χ2n) is 3.44. The first-order chi connectivity index (χ1) is 6.59. The Morgan fingerprint density at radius 3 is 2.36 bits per heavy atom. The lowest BCUT2D eigenvalue weighted by molar-refractivity contribution is -0.0312. The lowest BCUT2D eigenvalue weighted by Gasteiger charge is -2.29. The number of imidazole rings is 1. The lowest BCUT2D eigenvalue weighted by Crippen LogP contribution is -2.30. The van der Waals surface area contributed by atoms with Crippen molar-refractivity contribution in [3.05, 3.63) is 12.0 Å². The van der Waals surface area contributed by atoms with Crippen LogP contribution in [0.5, 0.6) is 5.88 Å². The lowest BCUT2D eigenvalue weighted by atomic mass is 9.96. The third kappa shape index (κ3) is 1.62. The zero-order chi connectivity index (χ0) is 10.8. The van der Waals surface area contributed by atoms with Crippen LogP contribution in [0.25, 0.3) is 0 Å². The molecule has 1 N–H and O–H groups in total. The van der Waals surface area contributed by atoms with Gasteiger partial charge in [0.25, 0.3) is 0 Å². The van der Waals surface area contributed by atoms with E-state index in [2.05, 4.69) is 18.8 Å². The van der Waals surface area contributed by atoms with Gasteiger partial charge < -0.3 is 14.4 Å². The Kier molecular flexibility index (Phi) is 3.16. The largest absolute Gasteiger partial charge is 0.492 e. The van der Waals surface area contributed by atoms with Crippen molar-refractivity contribution in [2.24, 2.45) is 7.05 Å². The van der Waals surface area contributed by atoms with Gasteiger partial charge in [-0.1, -0.05) is 13.8 Å². The summed E-state index contributed by atoms with van der Waals surface area (Å²) in [4.78, 5) is 4.09. The van der Waals surface area contributed by atoms with E-state index in [9.17, 15) is 5.11 Å². The number of ether oxygens (including phenoxy) is 1. The molecular weight excluding hydrogens is 180 g/mol. The normalized spacial score (nSPS) is 12.0. The van der Waals surface area contributed by atoms with Crippen LogP contribution in [0.3, 0.4) is 0 Å². The summed E-state index contributed by atoms with van der Waals surface area (Å²) in [5.41, 5.74) is -0.379. The van der Waals surface area contributed by atoms with E-state index in [-0.39, 0.29) is 11.5 Å². The smallest absolute Gasteiger partial charge is 0.229 e. The van der Waals surface area contributed by atoms with Gasteiger partial charge in [-0.3, -0.25) is 0 Å². The summed E-state index contributed by atoms with van der Waals surface area (Å²) in [6.45, 7) is 4.11. The highest BCUT2D eigenvalue weighted by Gasteiger charge is 2.32. The van der Waals surface area contributed by atoms with Crippen molar-refractivity contribution in [1.29, 1.82) is 0 Å². The average molecular weight is 198 g/mol. The van der Waals surface area contributed by atoms with Gasteiger partial charge >= 0.3 is 0 Å². The maximum absolute atomic E-state index is 9.30. The summed E-state index contributed by atoms with van der Waals surface area (Å²) < 4.78 is 7.33. The maximum Gasteiger partial charge on any atom is 0.229 e. The third-order valence-electron chi connectivity index (χ3n) is 2.80. The molecule has 0 fully saturated rings. The molecule has 80 valence electrons. The fourth-order valence-electron chi connectivity index (χ4n) is 1.82. The van der Waals surface area contributed by atoms with Crippen molar-refractivity contribution >= 4 is 0 Å². The number of aromatic nitrogens is 2. The molecule has 0 radical (unpaired) electrons. The number of methoxy groups -OCH3 is 1. The molecule has 0 aromatic carbocycles. The molecule has 0 aliphatic rings. The summed E-state index contributed by atoms with van der Waals surface area (Å²) in [5, 5.41) is 9.30. The Labute approximate surface area is 84.5 Å². The molecule has 0 atom stereocenters. The average Bonchev–Trinajstić information content (AvgIpc) is 2.51. The van der Waals surface area contributed by atoms with Crippen molar-refractivity contribution in [3.8, 4) is 5.88 Å². The third-order valence-corrected chi connectivity index (χ3v) is 2.80. The predicted octanol–water partition coefficient (Wildman–Crippen LogP) is 1.79. The summed E-state index contributed by atoms with van der Waals surface area (Å²) in [6.07, 6.45) is 3.27. The molecule has 0 spiro atoms. The first-order valence-electron chi connectivity index (χ1n) is 4.87. The molecule has 1 heterocycles. The van der Waals surface area contributed by atoms with Gasteiger partial charge in [-0.15, -0.1) is 0 Å². The number of aryl methyl sites for hydroxylation is 1. The van der Waals surface area contributed by atoms with Crippen LogP contribution in [0.4, 0.5) is 0 Å². The minimum absolute atomic E-state index is 0.0471. The first kappa shape index (κ1) is 11.0. The molecule has 1 rings (SSSR count). The van der Waals surface area contributed by atoms with E-state index < -0.39 is 0 Å². The van der Waals surface area contributed by atoms with Gasteiger partial charge in [-0.05, 0) is 12.8 Å². The molecule has 0 saturated heterocycles. The fourth-order valence-corrected chi connectivity index (χ4v) is 1.82. The molecule has 0 amide bonds. The number of aromatic hydroxyl groups is 1. The SMILES string of the molecule is CCC(CC)(OC)c1nc(O)cn1C. The Morgan fingerprint density at radius 2 is 2.07 bits per heavy atom. The first-order valence-corrected chi connectivity index (χ1v) is 4.87. The van der Waals surface area contributed by atoms with Gasteiger partial charge in [0.1, 0.15) is 11.4 Å². The van der Waals surface area contributed by atoms with Crippen molar-refractivity contribution in [1.82, 2.24) is 9.55 Å². The molecule has 14 heavy (non-hydrogen) atoms. The molecule has 0 unspecified atom stereocenters. The van der Waals surface area contributed by atoms with E-state index in [1.54, 1.807) is 13.3 Å². The Bertz CT molecular complexity index is 295. The van der Waals surface area contributed by atoms with Crippen molar-refractivity contribution in [3.63, 3.8) is 0 Å². The quantitative estimate of drug-likeness (QED) is 0.802. The summed E-state index contributed by atoms with van der Waals surface area (Å²) in [6, 6.07) is 0. The minimum Gasteiger partial charge on any atom is -0.492 e. The van der Waals surface area contributed by atoms with Gasteiger partial charge in [0, 0.05) is 14.2 Å². The molecule has 0 aliphatic carbocycles. The molecule has 1 aromatic heterocycles. The zero-order valence-electron chi connectivity index (χ0n) is 9.24. The minimum atomic E-state index is -0.379. The fraction of sp³-hybridized carbons (Fsp3) is 0.700. The van der Waals surface area contributed by atoms with Gasteiger partial charge in [-0.2, -0.15) is 4.98 Å². The van der Waals surface area contributed by atoms with Crippen LogP contribution >= 0.6 is 0 Å². The zero-order valence-corrected chi connectivity index (χ0v) is 9.24. The van der Waals surface area contributed by atoms with Crippen LogP contribution in [-0.4, -0.2) is 21.8 Å². The molecule has 0 bridgehead atoms. The van der Waals surface area contributed by atoms with Crippen LogP contribution in [0.2, 0.25) is 0 Å². The second-order valence-corrected chi connectivity index (χ2v) is 3.44. The Morgan fingerprint density at radius 1 is 1.50 bits per heavy atom. The predicted molar refractivity (Wildman–Crippen MR) is 54.1 cm³/mol. The second kappa shape index (κ2) is 4.00. The monoisotopic (exact) mass is 198 g/mol. The Hall–Kier alpha value is -1.03. The summed E-state index contributed by atoms with van der Waals surface area (Å²) in [5.74, 6) is 0.827. The standard InChI is InChI=1S/C10H18N2O2/c1-5-10(6-2,14-4)9-11-8(13)7-12(9)3/h7,13H,5-6H2,1-4H3. The number of rotatable bonds is 4. The molecular formula is C10H18N2O2. The van der Waals surface area contributed by atoms with Gasteiger partial charge in [0.05, 0.1) is 6.20 Å². The molecule has 0 aliphatic heterocycles. The van der Waals surface area contributed by atoms with Crippen molar-refractivity contribution < 1.29 is 9.84 Å². The van der Waals surface area contributed by atoms with Crippen molar-refractivity contribution in [2.75, 3.05) is 7.11 Å². The molecule has 4 heteroatoms. The van der Waals surface area contributed by atoms with Crippen LogP contribution in [0, 0.1) is 0 Å². The number of hydrogen-bond acceptors (Lipinski definition) is 3. The maximum atomic E-state index is 9.30. The van der Waals surface area contributed by atoms with Crippen LogP contribution in [0.1, 0.15) is 32.5 Å². The van der Waals surface area contributed by atoms with E-state index in [4.69, 9.17) is 4.74 Å². The van der Waals surface area contributed by atoms with E-state index >= 15 is 0 Å². The highest BCUT2D eigenvalue weighted by Crippen LogP contribution is 2.32. The molecule has 1 aromatic rings. The summed E-state index contributed by atoms with van der Waals surface area (Å²) in [7, 11) is 3.54. The number of hydrogen-bond donors (Lipinski definition) is 1. The van der Waals surface area contributed by atoms with Crippen LogP contribution in [0.15, 0.2) is 6.20 Å². The van der Waals surface area contributed by atoms with E-state index in [0.717, 1.165) is 18.7 Å².